The van der Waals surface area contributed by atoms with Crippen LogP contribution in [0.1, 0.15) is 63.3 Å². The van der Waals surface area contributed by atoms with Crippen molar-refractivity contribution < 1.29 is 0 Å². The van der Waals surface area contributed by atoms with Gasteiger partial charge in [-0.2, -0.15) is 0 Å². The summed E-state index contributed by atoms with van der Waals surface area (Å²) in [5.41, 5.74) is 3.75. The minimum Gasteiger partial charge on any atom is -0.367 e. The first-order chi connectivity index (χ1) is 10.1. The van der Waals surface area contributed by atoms with E-state index in [1.165, 1.54) is 32.1 Å². The average Bonchev–Trinajstić information content (AvgIpc) is 3.27. The van der Waals surface area contributed by atoms with Gasteiger partial charge < -0.3 is 10.7 Å². The molecule has 0 saturated heterocycles. The molecule has 0 aromatic carbocycles. The highest BCUT2D eigenvalue weighted by Crippen LogP contribution is 2.40. The monoisotopic (exact) mass is 289 g/mol. The van der Waals surface area contributed by atoms with Crippen molar-refractivity contribution in [1.82, 2.24) is 9.97 Å². The van der Waals surface area contributed by atoms with Gasteiger partial charge in [-0.15, -0.1) is 0 Å². The quantitative estimate of drug-likeness (QED) is 0.573. The Hall–Kier alpha value is -1.36. The second-order valence-corrected chi connectivity index (χ2v) is 6.68. The summed E-state index contributed by atoms with van der Waals surface area (Å²) in [6, 6.07) is 0.515. The van der Waals surface area contributed by atoms with E-state index in [1.54, 1.807) is 0 Å². The lowest BCUT2D eigenvalue weighted by atomic mass is 9.93. The molecule has 1 heterocycles. The van der Waals surface area contributed by atoms with Gasteiger partial charge in [-0.05, 0) is 44.4 Å². The molecule has 3 rings (SSSR count). The Balaban J connectivity index is 1.82. The van der Waals surface area contributed by atoms with E-state index >= 15 is 0 Å². The van der Waals surface area contributed by atoms with E-state index < -0.39 is 0 Å². The van der Waals surface area contributed by atoms with Crippen molar-refractivity contribution in [1.29, 1.82) is 0 Å². The van der Waals surface area contributed by atoms with Crippen LogP contribution in [0.15, 0.2) is 0 Å². The van der Waals surface area contributed by atoms with E-state index in [-0.39, 0.29) is 0 Å². The second-order valence-electron chi connectivity index (χ2n) is 6.68. The van der Waals surface area contributed by atoms with Crippen molar-refractivity contribution in [3.05, 3.63) is 11.4 Å². The van der Waals surface area contributed by atoms with Crippen LogP contribution in [0.4, 0.5) is 11.6 Å². The maximum absolute atomic E-state index is 5.62. The molecule has 2 aliphatic carbocycles. The zero-order valence-corrected chi connectivity index (χ0v) is 13.3. The molecular formula is C16H27N5. The van der Waals surface area contributed by atoms with Crippen molar-refractivity contribution in [2.75, 3.05) is 10.7 Å². The molecule has 21 heavy (non-hydrogen) atoms. The minimum atomic E-state index is 0.515. The molecule has 3 unspecified atom stereocenters. The van der Waals surface area contributed by atoms with Gasteiger partial charge in [0.05, 0.1) is 0 Å². The normalized spacial score (nSPS) is 28.7. The van der Waals surface area contributed by atoms with E-state index in [2.05, 4.69) is 29.6 Å². The van der Waals surface area contributed by atoms with Crippen LogP contribution in [-0.2, 0) is 0 Å². The summed E-state index contributed by atoms with van der Waals surface area (Å²) in [6.07, 6.45) is 6.21. The highest BCUT2D eigenvalue weighted by molar-refractivity contribution is 5.57. The molecule has 2 fully saturated rings. The van der Waals surface area contributed by atoms with Gasteiger partial charge in [0, 0.05) is 17.5 Å². The first-order valence-electron chi connectivity index (χ1n) is 8.25. The summed E-state index contributed by atoms with van der Waals surface area (Å²) in [7, 11) is 0. The van der Waals surface area contributed by atoms with Gasteiger partial charge in [0.1, 0.15) is 17.5 Å². The van der Waals surface area contributed by atoms with Crippen molar-refractivity contribution in [3.8, 4) is 0 Å². The molecule has 0 aliphatic heterocycles. The van der Waals surface area contributed by atoms with Crippen LogP contribution in [0.5, 0.6) is 0 Å². The average molecular weight is 289 g/mol. The van der Waals surface area contributed by atoms with Crippen molar-refractivity contribution >= 4 is 11.6 Å². The molecule has 1 aromatic heterocycles. The lowest BCUT2D eigenvalue weighted by molar-refractivity contribution is 0.391. The Morgan fingerprint density at radius 2 is 1.86 bits per heavy atom. The molecule has 0 spiro atoms. The maximum Gasteiger partial charge on any atom is 0.148 e. The van der Waals surface area contributed by atoms with E-state index in [0.29, 0.717) is 17.9 Å². The summed E-state index contributed by atoms with van der Waals surface area (Å²) in [6.45, 7) is 6.69. The summed E-state index contributed by atoms with van der Waals surface area (Å²) in [5.74, 6) is 10.3. The zero-order valence-electron chi connectivity index (χ0n) is 13.3. The van der Waals surface area contributed by atoms with Gasteiger partial charge >= 0.3 is 0 Å². The Kier molecular flexibility index (Phi) is 4.02. The summed E-state index contributed by atoms with van der Waals surface area (Å²) in [5, 5.41) is 3.67. The smallest absolute Gasteiger partial charge is 0.148 e. The van der Waals surface area contributed by atoms with E-state index in [9.17, 15) is 0 Å². The topological polar surface area (TPSA) is 75.9 Å². The fourth-order valence-electron chi connectivity index (χ4n) is 3.54. The lowest BCUT2D eigenvalue weighted by Gasteiger charge is -2.23. The Morgan fingerprint density at radius 1 is 1.14 bits per heavy atom. The van der Waals surface area contributed by atoms with Crippen molar-refractivity contribution in [2.45, 2.75) is 64.8 Å². The van der Waals surface area contributed by atoms with Crippen LogP contribution < -0.4 is 16.6 Å². The van der Waals surface area contributed by atoms with Crippen LogP contribution >= 0.6 is 0 Å². The molecule has 2 saturated carbocycles. The number of rotatable bonds is 5. The van der Waals surface area contributed by atoms with Crippen LogP contribution in [0, 0.1) is 18.8 Å². The molecule has 2 aliphatic rings. The standard InChI is InChI=1S/C16H27N5/c1-4-11-7-8-13(9(11)2)18-14-10(3)15(21-17)20-16(19-14)12-5-6-12/h9,11-13H,4-8,17H2,1-3H3,(H2,18,19,20,21). The SMILES string of the molecule is CCC1CCC(Nc2nc(C3CC3)nc(NN)c2C)C1C. The van der Waals surface area contributed by atoms with Gasteiger partial charge in [0.2, 0.25) is 0 Å². The Morgan fingerprint density at radius 3 is 2.43 bits per heavy atom. The molecule has 0 amide bonds. The highest BCUT2D eigenvalue weighted by atomic mass is 15.3. The van der Waals surface area contributed by atoms with E-state index in [4.69, 9.17) is 10.8 Å². The molecular weight excluding hydrogens is 262 g/mol. The molecule has 5 heteroatoms. The van der Waals surface area contributed by atoms with Crippen LogP contribution in [0.3, 0.4) is 0 Å². The van der Waals surface area contributed by atoms with Gasteiger partial charge in [-0.1, -0.05) is 20.3 Å². The van der Waals surface area contributed by atoms with Gasteiger partial charge in [0.15, 0.2) is 0 Å². The molecule has 0 bridgehead atoms. The minimum absolute atomic E-state index is 0.515. The van der Waals surface area contributed by atoms with Crippen LogP contribution in [-0.4, -0.2) is 16.0 Å². The van der Waals surface area contributed by atoms with Gasteiger partial charge in [0.25, 0.3) is 0 Å². The van der Waals surface area contributed by atoms with Crippen LogP contribution in [0.25, 0.3) is 0 Å². The first-order valence-corrected chi connectivity index (χ1v) is 8.25. The van der Waals surface area contributed by atoms with Gasteiger partial charge in [-0.3, -0.25) is 0 Å². The number of anilines is 2. The predicted octanol–water partition coefficient (Wildman–Crippen LogP) is 3.18. The van der Waals surface area contributed by atoms with Crippen LogP contribution in [0.2, 0.25) is 0 Å². The fourth-order valence-corrected chi connectivity index (χ4v) is 3.54. The molecule has 3 atom stereocenters. The van der Waals surface area contributed by atoms with Gasteiger partial charge in [-0.25, -0.2) is 15.8 Å². The number of nitrogens with two attached hydrogens (primary N) is 1. The number of nitrogens with zero attached hydrogens (tertiary/aromatic N) is 2. The third-order valence-electron chi connectivity index (χ3n) is 5.32. The third-order valence-corrected chi connectivity index (χ3v) is 5.32. The number of hydrogen-bond acceptors (Lipinski definition) is 5. The summed E-state index contributed by atoms with van der Waals surface area (Å²) in [4.78, 5) is 9.32. The first kappa shape index (κ1) is 14.6. The number of nitrogens with one attached hydrogen (secondary N) is 2. The van der Waals surface area contributed by atoms with E-state index in [1.807, 2.05) is 6.92 Å². The third kappa shape index (κ3) is 2.84. The summed E-state index contributed by atoms with van der Waals surface area (Å²) < 4.78 is 0. The zero-order chi connectivity index (χ0) is 15.0. The molecule has 4 N–H and O–H groups in total. The summed E-state index contributed by atoms with van der Waals surface area (Å²) >= 11 is 0. The maximum atomic E-state index is 5.62. The Labute approximate surface area is 127 Å². The Bertz CT molecular complexity index is 512. The predicted molar refractivity (Wildman–Crippen MR) is 86.1 cm³/mol. The number of hydrazine groups is 1. The largest absolute Gasteiger partial charge is 0.367 e. The highest BCUT2D eigenvalue weighted by Gasteiger charge is 2.33. The number of aromatic nitrogens is 2. The van der Waals surface area contributed by atoms with Crippen molar-refractivity contribution in [3.63, 3.8) is 0 Å². The number of hydrogen-bond donors (Lipinski definition) is 3. The van der Waals surface area contributed by atoms with E-state index in [0.717, 1.165) is 28.9 Å². The molecule has 116 valence electrons. The lowest BCUT2D eigenvalue weighted by Crippen LogP contribution is -2.26. The fraction of sp³-hybridized carbons (Fsp3) is 0.750. The molecule has 0 radical (unpaired) electrons. The number of nitrogen functional groups attached to an aromatic ring is 1. The van der Waals surface area contributed by atoms with Crippen molar-refractivity contribution in [2.24, 2.45) is 17.7 Å². The molecule has 1 aromatic rings. The second kappa shape index (κ2) is 5.79. The molecule has 5 nitrogen and oxygen atoms in total.